The number of aromatic nitrogens is 2. The van der Waals surface area contributed by atoms with Crippen molar-refractivity contribution in [3.63, 3.8) is 0 Å². The van der Waals surface area contributed by atoms with Crippen LogP contribution in [-0.4, -0.2) is 64.4 Å². The molecule has 3 fully saturated rings. The summed E-state index contributed by atoms with van der Waals surface area (Å²) in [5, 5.41) is 4.54. The van der Waals surface area contributed by atoms with E-state index in [2.05, 4.69) is 25.1 Å². The van der Waals surface area contributed by atoms with Crippen LogP contribution in [-0.2, 0) is 4.79 Å². The maximum absolute atomic E-state index is 12.3. The largest absolute Gasteiger partial charge is 0.399 e. The number of anilines is 2. The van der Waals surface area contributed by atoms with Crippen LogP contribution in [0.25, 0.3) is 10.9 Å². The van der Waals surface area contributed by atoms with E-state index >= 15 is 0 Å². The van der Waals surface area contributed by atoms with E-state index in [0.29, 0.717) is 23.8 Å². The minimum Gasteiger partial charge on any atom is -0.399 e. The maximum atomic E-state index is 12.3. The number of hydrogen-bond donors (Lipinski definition) is 2. The van der Waals surface area contributed by atoms with Gasteiger partial charge in [0.25, 0.3) is 0 Å². The third kappa shape index (κ3) is 4.92. The van der Waals surface area contributed by atoms with Crippen molar-refractivity contribution < 1.29 is 4.79 Å². The SMILES string of the molecule is Nc1ccc2ncnc(NC[C@H]3CC[C@H](N4CCN(C(=O)CC5CC5)CC4)CC3)c2c1. The molecule has 7 nitrogen and oxygen atoms in total. The van der Waals surface area contributed by atoms with Gasteiger partial charge in [-0.25, -0.2) is 9.97 Å². The monoisotopic (exact) mass is 422 g/mol. The molecule has 0 radical (unpaired) electrons. The van der Waals surface area contributed by atoms with Crippen LogP contribution in [0.2, 0.25) is 0 Å². The number of piperazine rings is 1. The van der Waals surface area contributed by atoms with Crippen molar-refractivity contribution in [2.24, 2.45) is 11.8 Å². The third-order valence-corrected chi connectivity index (χ3v) is 7.38. The predicted octanol–water partition coefficient (Wildman–Crippen LogP) is 3.13. The smallest absolute Gasteiger partial charge is 0.222 e. The highest BCUT2D eigenvalue weighted by molar-refractivity contribution is 5.91. The first-order valence-electron chi connectivity index (χ1n) is 11.9. The molecule has 7 heteroatoms. The Balaban J connectivity index is 1.07. The first-order chi connectivity index (χ1) is 15.2. The molecule has 2 aromatic rings. The third-order valence-electron chi connectivity index (χ3n) is 7.38. The summed E-state index contributed by atoms with van der Waals surface area (Å²) in [4.78, 5) is 25.9. The number of rotatable bonds is 6. The van der Waals surface area contributed by atoms with Gasteiger partial charge in [-0.1, -0.05) is 0 Å². The number of nitrogens with one attached hydrogen (secondary N) is 1. The summed E-state index contributed by atoms with van der Waals surface area (Å²) in [7, 11) is 0. The standard InChI is InChI=1S/C24H34N6O/c25-19-5-8-22-21(14-19)24(28-16-27-22)26-15-18-3-6-20(7-4-18)29-9-11-30(12-10-29)23(31)13-17-1-2-17/h5,8,14,16-18,20H,1-4,6-7,9-13,15,25H2,(H,26,27,28)/t18-,20-. The normalized spacial score (nSPS) is 25.0. The molecule has 3 aliphatic rings. The van der Waals surface area contributed by atoms with E-state index in [1.54, 1.807) is 6.33 Å². The number of fused-ring (bicyclic) bond motifs is 1. The Morgan fingerprint density at radius 3 is 2.48 bits per heavy atom. The van der Waals surface area contributed by atoms with Gasteiger partial charge in [0.2, 0.25) is 5.91 Å². The molecule has 166 valence electrons. The Morgan fingerprint density at radius 1 is 1.00 bits per heavy atom. The number of carbonyl (C=O) groups excluding carboxylic acids is 1. The van der Waals surface area contributed by atoms with Crippen LogP contribution in [0.5, 0.6) is 0 Å². The molecule has 1 aromatic heterocycles. The zero-order valence-corrected chi connectivity index (χ0v) is 18.3. The van der Waals surface area contributed by atoms with Crippen LogP contribution in [0.3, 0.4) is 0 Å². The number of hydrogen-bond acceptors (Lipinski definition) is 6. The lowest BCUT2D eigenvalue weighted by Crippen LogP contribution is -2.52. The lowest BCUT2D eigenvalue weighted by Gasteiger charge is -2.42. The summed E-state index contributed by atoms with van der Waals surface area (Å²) in [5.74, 6) is 2.62. The van der Waals surface area contributed by atoms with Crippen molar-refractivity contribution in [2.75, 3.05) is 43.8 Å². The number of nitrogens with zero attached hydrogens (tertiary/aromatic N) is 4. The fourth-order valence-electron chi connectivity index (χ4n) is 5.20. The van der Waals surface area contributed by atoms with Crippen molar-refractivity contribution in [1.82, 2.24) is 19.8 Å². The zero-order valence-electron chi connectivity index (χ0n) is 18.3. The summed E-state index contributed by atoms with van der Waals surface area (Å²) >= 11 is 0. The number of amides is 1. The molecule has 1 saturated heterocycles. The van der Waals surface area contributed by atoms with E-state index in [0.717, 1.165) is 61.6 Å². The van der Waals surface area contributed by atoms with Crippen LogP contribution >= 0.6 is 0 Å². The van der Waals surface area contributed by atoms with Crippen LogP contribution < -0.4 is 11.1 Å². The maximum Gasteiger partial charge on any atom is 0.222 e. The molecular formula is C24H34N6O. The van der Waals surface area contributed by atoms with Gasteiger partial charge in [-0.3, -0.25) is 9.69 Å². The van der Waals surface area contributed by atoms with E-state index in [1.807, 2.05) is 18.2 Å². The van der Waals surface area contributed by atoms with Crippen molar-refractivity contribution in [3.05, 3.63) is 24.5 Å². The molecule has 0 atom stereocenters. The lowest BCUT2D eigenvalue weighted by molar-refractivity contribution is -0.133. The van der Waals surface area contributed by atoms with Crippen LogP contribution in [0.15, 0.2) is 24.5 Å². The molecule has 1 aliphatic heterocycles. The Hall–Kier alpha value is -2.41. The number of nitrogen functional groups attached to an aromatic ring is 1. The second kappa shape index (κ2) is 8.99. The lowest BCUT2D eigenvalue weighted by atomic mass is 9.85. The van der Waals surface area contributed by atoms with Gasteiger partial charge >= 0.3 is 0 Å². The second-order valence-corrected chi connectivity index (χ2v) is 9.62. The van der Waals surface area contributed by atoms with E-state index in [1.165, 1.54) is 38.5 Å². The quantitative estimate of drug-likeness (QED) is 0.696. The van der Waals surface area contributed by atoms with E-state index in [4.69, 9.17) is 5.73 Å². The summed E-state index contributed by atoms with van der Waals surface area (Å²) in [6.07, 6.45) is 9.89. The number of carbonyl (C=O) groups is 1. The molecule has 2 aliphatic carbocycles. The minimum absolute atomic E-state index is 0.385. The molecule has 2 heterocycles. The molecule has 0 unspecified atom stereocenters. The molecule has 0 spiro atoms. The van der Waals surface area contributed by atoms with Gasteiger partial charge in [-0.05, 0) is 68.6 Å². The first-order valence-corrected chi connectivity index (χ1v) is 11.9. The minimum atomic E-state index is 0.385. The van der Waals surface area contributed by atoms with Gasteiger partial charge in [0.15, 0.2) is 0 Å². The highest BCUT2D eigenvalue weighted by atomic mass is 16.2. The fraction of sp³-hybridized carbons (Fsp3) is 0.625. The zero-order chi connectivity index (χ0) is 21.2. The second-order valence-electron chi connectivity index (χ2n) is 9.62. The van der Waals surface area contributed by atoms with E-state index in [-0.39, 0.29) is 0 Å². The van der Waals surface area contributed by atoms with Gasteiger partial charge in [0.1, 0.15) is 12.1 Å². The Kier molecular flexibility index (Phi) is 5.94. The van der Waals surface area contributed by atoms with Crippen LogP contribution in [0.4, 0.5) is 11.5 Å². The predicted molar refractivity (Wildman–Crippen MR) is 124 cm³/mol. The van der Waals surface area contributed by atoms with E-state index in [9.17, 15) is 4.79 Å². The summed E-state index contributed by atoms with van der Waals surface area (Å²) < 4.78 is 0. The highest BCUT2D eigenvalue weighted by Gasteiger charge is 2.31. The average Bonchev–Trinajstić information content (AvgIpc) is 3.62. The van der Waals surface area contributed by atoms with Gasteiger partial charge < -0.3 is 16.0 Å². The topological polar surface area (TPSA) is 87.4 Å². The van der Waals surface area contributed by atoms with Gasteiger partial charge in [-0.15, -0.1) is 0 Å². The first kappa shape index (κ1) is 20.5. The molecule has 3 N–H and O–H groups in total. The average molecular weight is 423 g/mol. The molecule has 5 rings (SSSR count). The Bertz CT molecular complexity index is 913. The Morgan fingerprint density at radius 2 is 1.74 bits per heavy atom. The van der Waals surface area contributed by atoms with Crippen LogP contribution in [0.1, 0.15) is 44.9 Å². The summed E-state index contributed by atoms with van der Waals surface area (Å²) in [6.45, 7) is 4.85. The van der Waals surface area contributed by atoms with Crippen molar-refractivity contribution in [3.8, 4) is 0 Å². The number of benzene rings is 1. The molecule has 1 aromatic carbocycles. The highest BCUT2D eigenvalue weighted by Crippen LogP contribution is 2.33. The molecule has 1 amide bonds. The van der Waals surface area contributed by atoms with E-state index < -0.39 is 0 Å². The molecule has 2 saturated carbocycles. The van der Waals surface area contributed by atoms with Gasteiger partial charge in [0.05, 0.1) is 5.52 Å². The fourth-order valence-corrected chi connectivity index (χ4v) is 5.20. The van der Waals surface area contributed by atoms with Crippen molar-refractivity contribution in [1.29, 1.82) is 0 Å². The van der Waals surface area contributed by atoms with Gasteiger partial charge in [0, 0.05) is 56.3 Å². The summed E-state index contributed by atoms with van der Waals surface area (Å²) in [5.41, 5.74) is 7.61. The van der Waals surface area contributed by atoms with Crippen LogP contribution in [0, 0.1) is 11.8 Å². The Labute approximate surface area is 184 Å². The molecular weight excluding hydrogens is 388 g/mol. The molecule has 0 bridgehead atoms. The van der Waals surface area contributed by atoms with Crippen molar-refractivity contribution >= 4 is 28.3 Å². The van der Waals surface area contributed by atoms with Gasteiger partial charge in [-0.2, -0.15) is 0 Å². The van der Waals surface area contributed by atoms with Crippen molar-refractivity contribution in [2.45, 2.75) is 51.0 Å². The summed E-state index contributed by atoms with van der Waals surface area (Å²) in [6, 6.07) is 6.45. The number of nitrogens with two attached hydrogens (primary N) is 1. The molecule has 31 heavy (non-hydrogen) atoms.